The van der Waals surface area contributed by atoms with Crippen molar-refractivity contribution in [2.75, 3.05) is 13.7 Å². The lowest BCUT2D eigenvalue weighted by Gasteiger charge is -2.30. The second kappa shape index (κ2) is 11.2. The Morgan fingerprint density at radius 1 is 1.00 bits per heavy atom. The van der Waals surface area contributed by atoms with Gasteiger partial charge in [0.1, 0.15) is 5.84 Å². The molecule has 0 spiro atoms. The summed E-state index contributed by atoms with van der Waals surface area (Å²) < 4.78 is 5.14. The molecule has 0 radical (unpaired) electrons. The van der Waals surface area contributed by atoms with Crippen LogP contribution in [0.5, 0.6) is 0 Å². The van der Waals surface area contributed by atoms with Gasteiger partial charge in [0, 0.05) is 30.3 Å². The van der Waals surface area contributed by atoms with Crippen LogP contribution in [-0.2, 0) is 22.5 Å². The van der Waals surface area contributed by atoms with Crippen LogP contribution >= 0.6 is 0 Å². The van der Waals surface area contributed by atoms with E-state index in [1.807, 2.05) is 60.7 Å². The first-order valence-corrected chi connectivity index (χ1v) is 12.1. The third kappa shape index (κ3) is 5.47. The number of amidine groups is 1. The van der Waals surface area contributed by atoms with Crippen molar-refractivity contribution in [2.45, 2.75) is 31.8 Å². The first-order valence-electron chi connectivity index (χ1n) is 12.1. The molecule has 0 bridgehead atoms. The van der Waals surface area contributed by atoms with Crippen LogP contribution in [0.25, 0.3) is 11.1 Å². The minimum atomic E-state index is -0.512. The number of nitrogen functional groups attached to an aromatic ring is 1. The molecule has 1 saturated heterocycles. The molecule has 186 valence electrons. The number of amides is 1. The minimum absolute atomic E-state index is 0.0256. The van der Waals surface area contributed by atoms with Gasteiger partial charge in [0.15, 0.2) is 0 Å². The van der Waals surface area contributed by atoms with Gasteiger partial charge < -0.3 is 21.1 Å². The van der Waals surface area contributed by atoms with Crippen LogP contribution in [0.1, 0.15) is 39.9 Å². The van der Waals surface area contributed by atoms with E-state index >= 15 is 0 Å². The van der Waals surface area contributed by atoms with Gasteiger partial charge in [-0.25, -0.2) is 0 Å². The summed E-state index contributed by atoms with van der Waals surface area (Å²) in [7, 11) is 1.38. The first-order chi connectivity index (χ1) is 17.4. The number of rotatable bonds is 8. The van der Waals surface area contributed by atoms with Gasteiger partial charge in [0.25, 0.3) is 5.91 Å². The molecule has 3 aromatic carbocycles. The maximum absolute atomic E-state index is 13.5. The number of nitrogens with one attached hydrogen (secondary N) is 1. The van der Waals surface area contributed by atoms with Crippen LogP contribution in [-0.4, -0.2) is 42.3 Å². The maximum atomic E-state index is 13.5. The van der Waals surface area contributed by atoms with Crippen molar-refractivity contribution in [1.82, 2.24) is 4.90 Å². The lowest BCUT2D eigenvalue weighted by Crippen LogP contribution is -2.44. The van der Waals surface area contributed by atoms with Crippen molar-refractivity contribution in [3.8, 4) is 11.1 Å². The fourth-order valence-electron chi connectivity index (χ4n) is 4.96. The van der Waals surface area contributed by atoms with Gasteiger partial charge in [0.05, 0.1) is 13.0 Å². The molecule has 5 N–H and O–H groups in total. The number of nitrogens with two attached hydrogens (primary N) is 2. The Hall–Kier alpha value is -3.97. The minimum Gasteiger partial charge on any atom is -0.469 e. The lowest BCUT2D eigenvalue weighted by atomic mass is 9.89. The van der Waals surface area contributed by atoms with Crippen LogP contribution in [0.15, 0.2) is 72.8 Å². The lowest BCUT2D eigenvalue weighted by molar-refractivity contribution is -0.147. The average molecular weight is 485 g/mol. The number of carbonyl (C=O) groups is 2. The molecule has 1 heterocycles. The molecule has 2 atom stereocenters. The predicted octanol–water partition coefficient (Wildman–Crippen LogP) is 3.73. The van der Waals surface area contributed by atoms with E-state index in [4.69, 9.17) is 21.6 Å². The number of methoxy groups -OCH3 is 1. The van der Waals surface area contributed by atoms with Crippen molar-refractivity contribution < 1.29 is 14.3 Å². The molecule has 7 heteroatoms. The van der Waals surface area contributed by atoms with Crippen molar-refractivity contribution in [3.63, 3.8) is 0 Å². The highest BCUT2D eigenvalue weighted by Crippen LogP contribution is 2.30. The van der Waals surface area contributed by atoms with E-state index in [1.54, 1.807) is 11.0 Å². The van der Waals surface area contributed by atoms with E-state index in [0.29, 0.717) is 30.6 Å². The Labute approximate surface area is 211 Å². The number of hydrogen-bond acceptors (Lipinski definition) is 5. The second-order valence-electron chi connectivity index (χ2n) is 9.14. The highest BCUT2D eigenvalue weighted by atomic mass is 16.5. The largest absolute Gasteiger partial charge is 0.469 e. The molecule has 0 aliphatic carbocycles. The van der Waals surface area contributed by atoms with Crippen molar-refractivity contribution >= 4 is 17.7 Å². The monoisotopic (exact) mass is 484 g/mol. The molecule has 2 unspecified atom stereocenters. The van der Waals surface area contributed by atoms with Gasteiger partial charge in [-0.05, 0) is 65.8 Å². The summed E-state index contributed by atoms with van der Waals surface area (Å²) in [6.07, 6.45) is 1.95. The smallest absolute Gasteiger partial charge is 0.311 e. The number of carbonyl (C=O) groups excluding carboxylic acids is 2. The number of hydrogen-bond donors (Lipinski definition) is 3. The molecular weight excluding hydrogens is 452 g/mol. The van der Waals surface area contributed by atoms with E-state index in [9.17, 15) is 9.59 Å². The Morgan fingerprint density at radius 3 is 2.42 bits per heavy atom. The quantitative estimate of drug-likeness (QED) is 0.255. The summed E-state index contributed by atoms with van der Waals surface area (Å²) in [4.78, 5) is 28.2. The number of likely N-dealkylation sites (tertiary alicyclic amines) is 1. The zero-order valence-corrected chi connectivity index (χ0v) is 20.4. The number of esters is 1. The first kappa shape index (κ1) is 25.1. The second-order valence-corrected chi connectivity index (χ2v) is 9.14. The molecule has 3 aromatic rings. The van der Waals surface area contributed by atoms with Gasteiger partial charge in [-0.2, -0.15) is 0 Å². The molecule has 1 aliphatic heterocycles. The normalized spacial score (nSPS) is 15.9. The van der Waals surface area contributed by atoms with E-state index in [-0.39, 0.29) is 23.8 Å². The van der Waals surface area contributed by atoms with Crippen LogP contribution < -0.4 is 11.5 Å². The average Bonchev–Trinajstić information content (AvgIpc) is 3.40. The zero-order valence-electron chi connectivity index (χ0n) is 20.4. The Kier molecular flexibility index (Phi) is 7.80. The van der Waals surface area contributed by atoms with Crippen molar-refractivity contribution in [2.24, 2.45) is 17.4 Å². The number of nitrogens with zero attached hydrogens (tertiary/aromatic N) is 1. The summed E-state index contributed by atoms with van der Waals surface area (Å²) in [6.45, 7) is 1.06. The van der Waals surface area contributed by atoms with Gasteiger partial charge in [-0.3, -0.25) is 15.0 Å². The maximum Gasteiger partial charge on any atom is 0.311 e. The summed E-state index contributed by atoms with van der Waals surface area (Å²) in [6, 6.07) is 22.6. The predicted molar refractivity (Wildman–Crippen MR) is 140 cm³/mol. The van der Waals surface area contributed by atoms with E-state index < -0.39 is 5.92 Å². The Bertz CT molecular complexity index is 1260. The highest BCUT2D eigenvalue weighted by Gasteiger charge is 2.39. The SMILES string of the molecule is COC(=O)C(Cc1cccc(C(=N)N)c1)C1CCCN1C(=O)c1ccc(-c2cccc(CN)c2)cc1. The van der Waals surface area contributed by atoms with E-state index in [2.05, 4.69) is 6.07 Å². The molecule has 1 fully saturated rings. The van der Waals surface area contributed by atoms with Gasteiger partial charge in [-0.1, -0.05) is 48.5 Å². The summed E-state index contributed by atoms with van der Waals surface area (Å²) >= 11 is 0. The third-order valence-corrected chi connectivity index (χ3v) is 6.85. The molecule has 0 aromatic heterocycles. The van der Waals surface area contributed by atoms with Crippen LogP contribution in [0.3, 0.4) is 0 Å². The van der Waals surface area contributed by atoms with E-state index in [1.165, 1.54) is 7.11 Å². The topological polar surface area (TPSA) is 122 Å². The highest BCUT2D eigenvalue weighted by molar-refractivity contribution is 5.96. The molecular formula is C29H32N4O3. The summed E-state index contributed by atoms with van der Waals surface area (Å²) in [5.74, 6) is -0.974. The fourth-order valence-corrected chi connectivity index (χ4v) is 4.96. The van der Waals surface area contributed by atoms with Crippen LogP contribution in [0.2, 0.25) is 0 Å². The third-order valence-electron chi connectivity index (χ3n) is 6.85. The summed E-state index contributed by atoms with van der Waals surface area (Å²) in [5, 5.41) is 7.70. The van der Waals surface area contributed by atoms with Crippen LogP contribution in [0, 0.1) is 11.3 Å². The Morgan fingerprint density at radius 2 is 1.72 bits per heavy atom. The molecule has 36 heavy (non-hydrogen) atoms. The molecule has 0 saturated carbocycles. The van der Waals surface area contributed by atoms with E-state index in [0.717, 1.165) is 35.1 Å². The van der Waals surface area contributed by atoms with Gasteiger partial charge >= 0.3 is 5.97 Å². The fraction of sp³-hybridized carbons (Fsp3) is 0.276. The Balaban J connectivity index is 1.55. The summed E-state index contributed by atoms with van der Waals surface area (Å²) in [5.41, 5.74) is 16.6. The molecule has 4 rings (SSSR count). The van der Waals surface area contributed by atoms with Gasteiger partial charge in [-0.15, -0.1) is 0 Å². The van der Waals surface area contributed by atoms with Crippen molar-refractivity contribution in [3.05, 3.63) is 95.1 Å². The van der Waals surface area contributed by atoms with Crippen molar-refractivity contribution in [1.29, 1.82) is 5.41 Å². The van der Waals surface area contributed by atoms with Gasteiger partial charge in [0.2, 0.25) is 0 Å². The zero-order chi connectivity index (χ0) is 25.7. The standard InChI is InChI=1S/C29H32N4O3/c1-36-29(35)25(17-19-5-2-8-24(15-19)27(31)32)26-9-4-14-33(26)28(34)22-12-10-21(11-13-22)23-7-3-6-20(16-23)18-30/h2-3,5-8,10-13,15-16,25-26H,4,9,14,17-18,30H2,1H3,(H3,31,32). The number of benzene rings is 3. The number of ether oxygens (including phenoxy) is 1. The molecule has 1 amide bonds. The molecule has 7 nitrogen and oxygen atoms in total. The molecule has 1 aliphatic rings. The van der Waals surface area contributed by atoms with Crippen LogP contribution in [0.4, 0.5) is 0 Å².